The van der Waals surface area contributed by atoms with Crippen LogP contribution in [0.25, 0.3) is 0 Å². The van der Waals surface area contributed by atoms with E-state index in [0.717, 1.165) is 16.1 Å². The Balaban J connectivity index is 1.46. The summed E-state index contributed by atoms with van der Waals surface area (Å²) in [6, 6.07) is 18.5. The maximum absolute atomic E-state index is 12.4. The number of nitrogens with one attached hydrogen (secondary N) is 3. The van der Waals surface area contributed by atoms with E-state index in [-0.39, 0.29) is 11.9 Å². The summed E-state index contributed by atoms with van der Waals surface area (Å²) in [6.07, 6.45) is 3.41. The molecule has 1 aromatic heterocycles. The number of carbonyl (C=O) groups excluding carboxylic acids is 2. The maximum Gasteiger partial charge on any atom is 0.319 e. The monoisotopic (exact) mass is 449 g/mol. The standard InChI is InChI=1S/C24H27N5O2S/c1-3-29(4-2)23(30)19-7-13-22(14-8-19)32-28-21-11-9-20(10-12-21)27-24(31)26-17-18-6-5-15-25-16-18/h5-16,28H,3-4,17H2,1-2H3,(H2,26,27,31). The van der Waals surface area contributed by atoms with Crippen molar-refractivity contribution in [2.75, 3.05) is 23.1 Å². The Morgan fingerprint density at radius 3 is 2.25 bits per heavy atom. The van der Waals surface area contributed by atoms with E-state index >= 15 is 0 Å². The molecule has 3 rings (SSSR count). The van der Waals surface area contributed by atoms with Crippen LogP contribution in [0.2, 0.25) is 0 Å². The van der Waals surface area contributed by atoms with E-state index in [1.54, 1.807) is 17.3 Å². The summed E-state index contributed by atoms with van der Waals surface area (Å²) in [5.41, 5.74) is 3.23. The summed E-state index contributed by atoms with van der Waals surface area (Å²) < 4.78 is 3.27. The highest BCUT2D eigenvalue weighted by Crippen LogP contribution is 2.23. The molecule has 0 bridgehead atoms. The van der Waals surface area contributed by atoms with E-state index in [0.29, 0.717) is 30.9 Å². The van der Waals surface area contributed by atoms with E-state index in [9.17, 15) is 9.59 Å². The number of rotatable bonds is 9. The molecular weight excluding hydrogens is 422 g/mol. The van der Waals surface area contributed by atoms with Crippen LogP contribution in [0, 0.1) is 0 Å². The molecule has 3 N–H and O–H groups in total. The second kappa shape index (κ2) is 11.8. The van der Waals surface area contributed by atoms with Gasteiger partial charge in [-0.05, 0) is 86.0 Å². The van der Waals surface area contributed by atoms with E-state index < -0.39 is 0 Å². The van der Waals surface area contributed by atoms with Gasteiger partial charge in [0.15, 0.2) is 0 Å². The molecule has 0 aliphatic rings. The lowest BCUT2D eigenvalue weighted by atomic mass is 10.2. The van der Waals surface area contributed by atoms with Gasteiger partial charge in [-0.25, -0.2) is 4.79 Å². The lowest BCUT2D eigenvalue weighted by molar-refractivity contribution is 0.0773. The fourth-order valence-electron chi connectivity index (χ4n) is 2.96. The van der Waals surface area contributed by atoms with Gasteiger partial charge in [-0.15, -0.1) is 0 Å². The molecule has 7 nitrogen and oxygen atoms in total. The smallest absolute Gasteiger partial charge is 0.319 e. The summed E-state index contributed by atoms with van der Waals surface area (Å²) in [6.45, 7) is 5.76. The van der Waals surface area contributed by atoms with Gasteiger partial charge in [-0.1, -0.05) is 6.07 Å². The van der Waals surface area contributed by atoms with Crippen LogP contribution in [0.4, 0.5) is 16.2 Å². The molecule has 1 heterocycles. The Morgan fingerprint density at radius 1 is 0.938 bits per heavy atom. The zero-order chi connectivity index (χ0) is 22.8. The van der Waals surface area contributed by atoms with Crippen molar-refractivity contribution in [1.82, 2.24) is 15.2 Å². The molecule has 166 valence electrons. The number of nitrogens with zero attached hydrogens (tertiary/aromatic N) is 2. The molecule has 0 unspecified atom stereocenters. The van der Waals surface area contributed by atoms with Crippen molar-refractivity contribution in [3.63, 3.8) is 0 Å². The average molecular weight is 450 g/mol. The van der Waals surface area contributed by atoms with Crippen molar-refractivity contribution >= 4 is 35.3 Å². The van der Waals surface area contributed by atoms with Crippen molar-refractivity contribution in [3.8, 4) is 0 Å². The average Bonchev–Trinajstić information content (AvgIpc) is 2.84. The van der Waals surface area contributed by atoms with Crippen LogP contribution < -0.4 is 15.4 Å². The van der Waals surface area contributed by atoms with Crippen molar-refractivity contribution in [2.45, 2.75) is 25.3 Å². The van der Waals surface area contributed by atoms with E-state index in [1.165, 1.54) is 11.9 Å². The molecule has 0 spiro atoms. The largest absolute Gasteiger partial charge is 0.339 e. The number of carbonyl (C=O) groups is 2. The van der Waals surface area contributed by atoms with Crippen LogP contribution in [-0.4, -0.2) is 34.9 Å². The first kappa shape index (κ1) is 23.1. The quantitative estimate of drug-likeness (QED) is 0.400. The molecule has 8 heteroatoms. The molecule has 0 atom stereocenters. The second-order valence-electron chi connectivity index (χ2n) is 6.95. The number of benzene rings is 2. The van der Waals surface area contributed by atoms with Crippen molar-refractivity contribution in [3.05, 3.63) is 84.2 Å². The third-order valence-electron chi connectivity index (χ3n) is 4.76. The van der Waals surface area contributed by atoms with Crippen LogP contribution in [0.1, 0.15) is 29.8 Å². The van der Waals surface area contributed by atoms with Crippen LogP contribution in [0.5, 0.6) is 0 Å². The molecule has 32 heavy (non-hydrogen) atoms. The normalized spacial score (nSPS) is 10.3. The Hall–Kier alpha value is -3.52. The molecule has 0 aliphatic carbocycles. The molecule has 2 aromatic carbocycles. The molecule has 3 amide bonds. The van der Waals surface area contributed by atoms with Crippen LogP contribution in [0.3, 0.4) is 0 Å². The summed E-state index contributed by atoms with van der Waals surface area (Å²) in [7, 11) is 0. The number of pyridine rings is 1. The second-order valence-corrected chi connectivity index (χ2v) is 7.83. The number of anilines is 2. The Labute approximate surface area is 192 Å². The molecular formula is C24H27N5O2S. The van der Waals surface area contributed by atoms with Crippen molar-refractivity contribution in [2.24, 2.45) is 0 Å². The highest BCUT2D eigenvalue weighted by molar-refractivity contribution is 8.00. The Morgan fingerprint density at radius 2 is 1.62 bits per heavy atom. The van der Waals surface area contributed by atoms with Gasteiger partial charge in [0.25, 0.3) is 5.91 Å². The van der Waals surface area contributed by atoms with Gasteiger partial charge in [-0.2, -0.15) is 0 Å². The summed E-state index contributed by atoms with van der Waals surface area (Å²) in [5.74, 6) is 0.0482. The Kier molecular flexibility index (Phi) is 8.51. The van der Waals surface area contributed by atoms with Crippen molar-refractivity contribution in [1.29, 1.82) is 0 Å². The molecule has 0 aliphatic heterocycles. The van der Waals surface area contributed by atoms with Crippen molar-refractivity contribution < 1.29 is 9.59 Å². The maximum atomic E-state index is 12.4. The predicted octanol–water partition coefficient (Wildman–Crippen LogP) is 5.00. The minimum Gasteiger partial charge on any atom is -0.339 e. The predicted molar refractivity (Wildman–Crippen MR) is 130 cm³/mol. The fourth-order valence-corrected chi connectivity index (χ4v) is 3.60. The number of hydrogen-bond acceptors (Lipinski definition) is 5. The number of aromatic nitrogens is 1. The van der Waals surface area contributed by atoms with Gasteiger partial charge in [0, 0.05) is 53.9 Å². The minimum atomic E-state index is -0.275. The topological polar surface area (TPSA) is 86.4 Å². The molecule has 3 aromatic rings. The SMILES string of the molecule is CCN(CC)C(=O)c1ccc(SNc2ccc(NC(=O)NCc3cccnc3)cc2)cc1. The number of urea groups is 1. The minimum absolute atomic E-state index is 0.0482. The van der Waals surface area contributed by atoms with E-state index in [2.05, 4.69) is 20.3 Å². The van der Waals surface area contributed by atoms with E-state index in [1.807, 2.05) is 74.5 Å². The third kappa shape index (κ3) is 6.75. The summed E-state index contributed by atoms with van der Waals surface area (Å²) in [5, 5.41) is 5.61. The summed E-state index contributed by atoms with van der Waals surface area (Å²) in [4.78, 5) is 31.3. The van der Waals surface area contributed by atoms with E-state index in [4.69, 9.17) is 0 Å². The van der Waals surface area contributed by atoms with Gasteiger partial charge in [0.05, 0.1) is 0 Å². The van der Waals surface area contributed by atoms with Crippen LogP contribution in [0.15, 0.2) is 78.0 Å². The highest BCUT2D eigenvalue weighted by atomic mass is 32.2. The zero-order valence-electron chi connectivity index (χ0n) is 18.2. The van der Waals surface area contributed by atoms with Gasteiger partial charge < -0.3 is 20.3 Å². The first-order valence-electron chi connectivity index (χ1n) is 10.4. The van der Waals surface area contributed by atoms with Crippen LogP contribution in [-0.2, 0) is 6.54 Å². The zero-order valence-corrected chi connectivity index (χ0v) is 19.0. The molecule has 0 saturated carbocycles. The molecule has 0 radical (unpaired) electrons. The summed E-state index contributed by atoms with van der Waals surface area (Å²) >= 11 is 1.46. The van der Waals surface area contributed by atoms with Gasteiger partial charge in [0.2, 0.25) is 0 Å². The third-order valence-corrected chi connectivity index (χ3v) is 5.60. The van der Waals surface area contributed by atoms with Crippen LogP contribution >= 0.6 is 11.9 Å². The fraction of sp³-hybridized carbons (Fsp3) is 0.208. The lowest BCUT2D eigenvalue weighted by Gasteiger charge is -2.18. The van der Waals surface area contributed by atoms with Gasteiger partial charge in [0.1, 0.15) is 0 Å². The molecule has 0 fully saturated rings. The lowest BCUT2D eigenvalue weighted by Crippen LogP contribution is -2.30. The first-order valence-corrected chi connectivity index (χ1v) is 11.3. The number of amides is 3. The molecule has 0 saturated heterocycles. The van der Waals surface area contributed by atoms with Gasteiger partial charge >= 0.3 is 6.03 Å². The van der Waals surface area contributed by atoms with Gasteiger partial charge in [-0.3, -0.25) is 9.78 Å². The number of hydrogen-bond donors (Lipinski definition) is 3. The Bertz CT molecular complexity index is 1010. The highest BCUT2D eigenvalue weighted by Gasteiger charge is 2.12. The first-order chi connectivity index (χ1) is 15.6.